The van der Waals surface area contributed by atoms with Crippen molar-refractivity contribution in [2.75, 3.05) is 0 Å². The summed E-state index contributed by atoms with van der Waals surface area (Å²) in [4.78, 5) is 0.416. The zero-order valence-corrected chi connectivity index (χ0v) is 11.9. The molecular weight excluding hydrogens is 277 g/mol. The molecule has 0 unspecified atom stereocenters. The average Bonchev–Trinajstić information content (AvgIpc) is 2.39. The first-order valence-corrected chi connectivity index (χ1v) is 7.42. The Hall–Kier alpha value is -1.39. The maximum atomic E-state index is 13.0. The number of hydrogen-bond donors (Lipinski definition) is 1. The first kappa shape index (κ1) is 14.0. The number of benzene rings is 2. The van der Waals surface area contributed by atoms with E-state index in [2.05, 4.69) is 0 Å². The van der Waals surface area contributed by atoms with Crippen LogP contribution in [0.25, 0.3) is 0 Å². The number of nitrogens with two attached hydrogens (primary N) is 1. The van der Waals surface area contributed by atoms with Gasteiger partial charge in [0.05, 0.1) is 0 Å². The van der Waals surface area contributed by atoms with Crippen molar-refractivity contribution in [3.8, 4) is 0 Å². The number of rotatable bonds is 5. The predicted molar refractivity (Wildman–Crippen MR) is 83.7 cm³/mol. The van der Waals surface area contributed by atoms with Crippen LogP contribution in [-0.4, -0.2) is 4.99 Å². The maximum Gasteiger partial charge on any atom is 0.123 e. The van der Waals surface area contributed by atoms with Gasteiger partial charge in [-0.1, -0.05) is 48.6 Å². The van der Waals surface area contributed by atoms with Crippen LogP contribution in [0.3, 0.4) is 0 Å². The van der Waals surface area contributed by atoms with E-state index in [9.17, 15) is 4.39 Å². The van der Waals surface area contributed by atoms with Gasteiger partial charge in [-0.05, 0) is 23.3 Å². The lowest BCUT2D eigenvalue weighted by Crippen LogP contribution is -2.08. The minimum absolute atomic E-state index is 0.182. The molecule has 0 aliphatic heterocycles. The fraction of sp³-hybridized carbons (Fsp3) is 0.133. The van der Waals surface area contributed by atoms with Crippen molar-refractivity contribution in [3.63, 3.8) is 0 Å². The number of halogens is 1. The molecule has 2 N–H and O–H groups in total. The Morgan fingerprint density at radius 3 is 2.37 bits per heavy atom. The van der Waals surface area contributed by atoms with Crippen molar-refractivity contribution < 1.29 is 4.39 Å². The van der Waals surface area contributed by atoms with Gasteiger partial charge in [-0.2, -0.15) is 11.8 Å². The van der Waals surface area contributed by atoms with Crippen molar-refractivity contribution in [3.05, 3.63) is 71.0 Å². The van der Waals surface area contributed by atoms with Crippen molar-refractivity contribution in [2.45, 2.75) is 11.5 Å². The summed E-state index contributed by atoms with van der Waals surface area (Å²) in [7, 11) is 0. The third-order valence-corrected chi connectivity index (χ3v) is 3.98. The molecule has 0 saturated heterocycles. The minimum Gasteiger partial charge on any atom is -0.389 e. The molecule has 0 aromatic heterocycles. The second kappa shape index (κ2) is 6.68. The lowest BCUT2D eigenvalue weighted by Gasteiger charge is -2.04. The molecule has 19 heavy (non-hydrogen) atoms. The van der Waals surface area contributed by atoms with Crippen LogP contribution in [0, 0.1) is 5.82 Å². The van der Waals surface area contributed by atoms with Gasteiger partial charge in [0.15, 0.2) is 0 Å². The Balaban J connectivity index is 1.87. The molecule has 0 aliphatic carbocycles. The van der Waals surface area contributed by atoms with Gasteiger partial charge in [-0.25, -0.2) is 4.39 Å². The highest BCUT2D eigenvalue weighted by Gasteiger charge is 1.99. The molecule has 2 rings (SSSR count). The van der Waals surface area contributed by atoms with Gasteiger partial charge in [-0.3, -0.25) is 0 Å². The number of hydrogen-bond acceptors (Lipinski definition) is 2. The Bertz CT molecular complexity index is 567. The van der Waals surface area contributed by atoms with Crippen LogP contribution in [-0.2, 0) is 11.5 Å². The van der Waals surface area contributed by atoms with Gasteiger partial charge >= 0.3 is 0 Å². The molecule has 0 saturated carbocycles. The molecule has 0 fully saturated rings. The average molecular weight is 291 g/mol. The van der Waals surface area contributed by atoms with Gasteiger partial charge in [-0.15, -0.1) is 0 Å². The molecule has 0 atom stereocenters. The topological polar surface area (TPSA) is 26.0 Å². The largest absolute Gasteiger partial charge is 0.389 e. The first-order chi connectivity index (χ1) is 9.15. The van der Waals surface area contributed by atoms with Crippen LogP contribution >= 0.6 is 24.0 Å². The van der Waals surface area contributed by atoms with Crippen LogP contribution in [0.2, 0.25) is 0 Å². The van der Waals surface area contributed by atoms with E-state index in [4.69, 9.17) is 18.0 Å². The van der Waals surface area contributed by atoms with Gasteiger partial charge in [0.2, 0.25) is 0 Å². The highest BCUT2D eigenvalue weighted by atomic mass is 32.2. The summed E-state index contributed by atoms with van der Waals surface area (Å²) in [6.07, 6.45) is 0. The molecule has 4 heteroatoms. The van der Waals surface area contributed by atoms with Gasteiger partial charge in [0.25, 0.3) is 0 Å². The summed E-state index contributed by atoms with van der Waals surface area (Å²) in [5, 5.41) is 0. The zero-order valence-electron chi connectivity index (χ0n) is 10.3. The molecule has 0 heterocycles. The second-order valence-electron chi connectivity index (χ2n) is 4.18. The van der Waals surface area contributed by atoms with Crippen molar-refractivity contribution in [1.82, 2.24) is 0 Å². The van der Waals surface area contributed by atoms with Crippen LogP contribution in [0.5, 0.6) is 0 Å². The summed E-state index contributed by atoms with van der Waals surface area (Å²) < 4.78 is 13.0. The van der Waals surface area contributed by atoms with Crippen LogP contribution in [0.1, 0.15) is 16.7 Å². The maximum absolute atomic E-state index is 13.0. The van der Waals surface area contributed by atoms with E-state index in [0.717, 1.165) is 22.6 Å². The van der Waals surface area contributed by atoms with E-state index in [-0.39, 0.29) is 5.82 Å². The molecule has 0 spiro atoms. The summed E-state index contributed by atoms with van der Waals surface area (Å²) in [5.74, 6) is 1.50. The first-order valence-electron chi connectivity index (χ1n) is 5.86. The monoisotopic (exact) mass is 291 g/mol. The minimum atomic E-state index is -0.182. The Morgan fingerprint density at radius 2 is 1.74 bits per heavy atom. The lowest BCUT2D eigenvalue weighted by molar-refractivity contribution is 0.626. The van der Waals surface area contributed by atoms with E-state index in [1.807, 2.05) is 30.3 Å². The lowest BCUT2D eigenvalue weighted by atomic mass is 10.1. The summed E-state index contributed by atoms with van der Waals surface area (Å²) >= 11 is 6.66. The predicted octanol–water partition coefficient (Wildman–Crippen LogP) is 3.89. The molecule has 0 radical (unpaired) electrons. The Labute approximate surface area is 122 Å². The zero-order chi connectivity index (χ0) is 13.7. The molecule has 0 bridgehead atoms. The Kier molecular flexibility index (Phi) is 4.93. The molecule has 1 nitrogen and oxygen atoms in total. The molecule has 2 aromatic carbocycles. The standard InChI is InChI=1S/C15H14FNS2/c16-14-3-1-2-12(8-14)10-19-9-11-4-6-13(7-5-11)15(17)18/h1-8H,9-10H2,(H2,17,18). The Morgan fingerprint density at radius 1 is 1.05 bits per heavy atom. The summed E-state index contributed by atoms with van der Waals surface area (Å²) in [5.41, 5.74) is 8.64. The molecule has 98 valence electrons. The van der Waals surface area contributed by atoms with Crippen LogP contribution in [0.4, 0.5) is 4.39 Å². The van der Waals surface area contributed by atoms with E-state index in [0.29, 0.717) is 4.99 Å². The van der Waals surface area contributed by atoms with Crippen molar-refractivity contribution in [2.24, 2.45) is 5.73 Å². The van der Waals surface area contributed by atoms with Gasteiger partial charge in [0, 0.05) is 17.1 Å². The second-order valence-corrected chi connectivity index (χ2v) is 5.61. The molecule has 0 amide bonds. The smallest absolute Gasteiger partial charge is 0.123 e. The molecule has 0 aliphatic rings. The van der Waals surface area contributed by atoms with Crippen molar-refractivity contribution in [1.29, 1.82) is 0 Å². The highest BCUT2D eigenvalue weighted by molar-refractivity contribution is 7.97. The van der Waals surface area contributed by atoms with E-state index in [1.54, 1.807) is 23.9 Å². The third-order valence-electron chi connectivity index (χ3n) is 2.66. The van der Waals surface area contributed by atoms with E-state index >= 15 is 0 Å². The van der Waals surface area contributed by atoms with Gasteiger partial charge < -0.3 is 5.73 Å². The van der Waals surface area contributed by atoms with Crippen LogP contribution < -0.4 is 5.73 Å². The van der Waals surface area contributed by atoms with Crippen LogP contribution in [0.15, 0.2) is 48.5 Å². The third kappa shape index (κ3) is 4.33. The quantitative estimate of drug-likeness (QED) is 0.846. The fourth-order valence-electron chi connectivity index (χ4n) is 1.68. The number of thiocarbonyl (C=S) groups is 1. The highest BCUT2D eigenvalue weighted by Crippen LogP contribution is 2.18. The van der Waals surface area contributed by atoms with E-state index < -0.39 is 0 Å². The summed E-state index contributed by atoms with van der Waals surface area (Å²) in [6, 6.07) is 14.6. The molecular formula is C15H14FNS2. The fourth-order valence-corrected chi connectivity index (χ4v) is 2.76. The summed E-state index contributed by atoms with van der Waals surface area (Å²) in [6.45, 7) is 0. The molecule has 2 aromatic rings. The number of thioether (sulfide) groups is 1. The van der Waals surface area contributed by atoms with Gasteiger partial charge in [0.1, 0.15) is 10.8 Å². The normalized spacial score (nSPS) is 10.4. The SMILES string of the molecule is NC(=S)c1ccc(CSCc2cccc(F)c2)cc1. The van der Waals surface area contributed by atoms with E-state index in [1.165, 1.54) is 11.6 Å². The van der Waals surface area contributed by atoms with Crippen molar-refractivity contribution >= 4 is 29.0 Å².